The van der Waals surface area contributed by atoms with E-state index in [1.165, 1.54) is 5.56 Å². The van der Waals surface area contributed by atoms with E-state index in [1.54, 1.807) is 11.3 Å². The first-order valence-corrected chi connectivity index (χ1v) is 6.17. The number of rotatable bonds is 3. The van der Waals surface area contributed by atoms with Crippen LogP contribution in [-0.2, 0) is 6.61 Å². The smallest absolute Gasteiger partial charge is 0.122 e. The van der Waals surface area contributed by atoms with Gasteiger partial charge >= 0.3 is 0 Å². The molecule has 0 aliphatic rings. The molecule has 1 aromatic heterocycles. The first kappa shape index (κ1) is 10.5. The van der Waals surface area contributed by atoms with Gasteiger partial charge in [0.05, 0.1) is 0 Å². The van der Waals surface area contributed by atoms with Gasteiger partial charge < -0.3 is 10.5 Å². The quantitative estimate of drug-likeness (QED) is 0.873. The summed E-state index contributed by atoms with van der Waals surface area (Å²) < 4.78 is 6.54. The Morgan fingerprint density at radius 2 is 2.20 bits per heavy atom. The molecule has 1 heterocycles. The maximum absolute atomic E-state index is 5.70. The Kier molecular flexibility index (Phi) is 3.28. The van der Waals surface area contributed by atoms with Gasteiger partial charge in [0.15, 0.2) is 0 Å². The van der Waals surface area contributed by atoms with Gasteiger partial charge in [0.2, 0.25) is 0 Å². The van der Waals surface area contributed by atoms with Crippen LogP contribution in [0.2, 0.25) is 0 Å². The van der Waals surface area contributed by atoms with E-state index in [9.17, 15) is 0 Å². The third-order valence-corrected chi connectivity index (χ3v) is 3.07. The standard InChI is InChI=1S/C11H10BrNOS/c12-9-3-10(13)5-11(4-9)14-6-8-1-2-15-7-8/h1-5,7H,6,13H2. The minimum absolute atomic E-state index is 0.583. The van der Waals surface area contributed by atoms with Crippen molar-refractivity contribution in [2.75, 3.05) is 5.73 Å². The maximum Gasteiger partial charge on any atom is 0.122 e. The van der Waals surface area contributed by atoms with Crippen molar-refractivity contribution in [2.45, 2.75) is 6.61 Å². The molecule has 4 heteroatoms. The second-order valence-electron chi connectivity index (χ2n) is 3.14. The van der Waals surface area contributed by atoms with Crippen LogP contribution in [0.4, 0.5) is 5.69 Å². The van der Waals surface area contributed by atoms with Crippen molar-refractivity contribution in [3.63, 3.8) is 0 Å². The molecule has 1 aromatic carbocycles. The van der Waals surface area contributed by atoms with Gasteiger partial charge in [-0.05, 0) is 34.5 Å². The zero-order valence-corrected chi connectivity index (χ0v) is 10.3. The van der Waals surface area contributed by atoms with E-state index in [4.69, 9.17) is 10.5 Å². The molecule has 0 saturated heterocycles. The zero-order valence-electron chi connectivity index (χ0n) is 7.94. The van der Waals surface area contributed by atoms with Crippen molar-refractivity contribution in [3.8, 4) is 5.75 Å². The monoisotopic (exact) mass is 283 g/mol. The molecule has 2 nitrogen and oxygen atoms in total. The van der Waals surface area contributed by atoms with Crippen LogP contribution in [-0.4, -0.2) is 0 Å². The van der Waals surface area contributed by atoms with Crippen LogP contribution in [0, 0.1) is 0 Å². The number of halogens is 1. The van der Waals surface area contributed by atoms with Crippen molar-refractivity contribution in [1.29, 1.82) is 0 Å². The Hall–Kier alpha value is -1.00. The van der Waals surface area contributed by atoms with Gasteiger partial charge in [-0.15, -0.1) is 0 Å². The number of anilines is 1. The van der Waals surface area contributed by atoms with Gasteiger partial charge in [-0.25, -0.2) is 0 Å². The Morgan fingerprint density at radius 1 is 1.33 bits per heavy atom. The summed E-state index contributed by atoms with van der Waals surface area (Å²) in [6, 6.07) is 7.61. The van der Waals surface area contributed by atoms with E-state index < -0.39 is 0 Å². The Bertz CT molecular complexity index is 422. The summed E-state index contributed by atoms with van der Waals surface area (Å²) in [6.45, 7) is 0.583. The number of nitrogen functional groups attached to an aromatic ring is 1. The van der Waals surface area contributed by atoms with Crippen LogP contribution < -0.4 is 10.5 Å². The molecular weight excluding hydrogens is 274 g/mol. The summed E-state index contributed by atoms with van der Waals surface area (Å²) in [4.78, 5) is 0. The lowest BCUT2D eigenvalue weighted by Gasteiger charge is -2.06. The molecule has 0 atom stereocenters. The molecule has 0 amide bonds. The van der Waals surface area contributed by atoms with Crippen LogP contribution in [0.15, 0.2) is 39.5 Å². The normalized spacial score (nSPS) is 10.2. The van der Waals surface area contributed by atoms with Crippen molar-refractivity contribution >= 4 is 33.0 Å². The first-order valence-electron chi connectivity index (χ1n) is 4.44. The summed E-state index contributed by atoms with van der Waals surface area (Å²) in [5, 5.41) is 4.11. The van der Waals surface area contributed by atoms with Crippen molar-refractivity contribution in [2.24, 2.45) is 0 Å². The van der Waals surface area contributed by atoms with Gasteiger partial charge in [-0.1, -0.05) is 15.9 Å². The average molecular weight is 284 g/mol. The Labute approximate surface area is 101 Å². The maximum atomic E-state index is 5.70. The fourth-order valence-corrected chi connectivity index (χ4v) is 2.35. The summed E-state index contributed by atoms with van der Waals surface area (Å²) in [5.74, 6) is 0.785. The highest BCUT2D eigenvalue weighted by molar-refractivity contribution is 9.10. The SMILES string of the molecule is Nc1cc(Br)cc(OCc2ccsc2)c1. The highest BCUT2D eigenvalue weighted by atomic mass is 79.9. The molecule has 0 bridgehead atoms. The van der Waals surface area contributed by atoms with Gasteiger partial charge in [0, 0.05) is 16.2 Å². The number of thiophene rings is 1. The third kappa shape index (κ3) is 2.97. The molecule has 78 valence electrons. The number of benzene rings is 1. The first-order chi connectivity index (χ1) is 7.24. The molecular formula is C11H10BrNOS. The van der Waals surface area contributed by atoms with E-state index in [2.05, 4.69) is 21.3 Å². The predicted octanol–water partition coefficient (Wildman–Crippen LogP) is 3.67. The number of ether oxygens (including phenoxy) is 1. The fourth-order valence-electron chi connectivity index (χ4n) is 1.21. The molecule has 0 fully saturated rings. The van der Waals surface area contributed by atoms with E-state index in [1.807, 2.05) is 29.6 Å². The van der Waals surface area contributed by atoms with Crippen molar-refractivity contribution < 1.29 is 4.74 Å². The molecule has 0 aliphatic heterocycles. The van der Waals surface area contributed by atoms with E-state index in [0.717, 1.165) is 10.2 Å². The van der Waals surface area contributed by atoms with Gasteiger partial charge in [-0.2, -0.15) is 11.3 Å². The predicted molar refractivity (Wildman–Crippen MR) is 67.2 cm³/mol. The molecule has 2 rings (SSSR count). The fraction of sp³-hybridized carbons (Fsp3) is 0.0909. The minimum Gasteiger partial charge on any atom is -0.489 e. The van der Waals surface area contributed by atoms with Crippen LogP contribution in [0.5, 0.6) is 5.75 Å². The molecule has 0 aliphatic carbocycles. The van der Waals surface area contributed by atoms with E-state index >= 15 is 0 Å². The topological polar surface area (TPSA) is 35.2 Å². The van der Waals surface area contributed by atoms with Gasteiger partial charge in [0.25, 0.3) is 0 Å². The number of hydrogen-bond acceptors (Lipinski definition) is 3. The largest absolute Gasteiger partial charge is 0.489 e. The van der Waals surface area contributed by atoms with Gasteiger partial charge in [-0.3, -0.25) is 0 Å². The van der Waals surface area contributed by atoms with Crippen molar-refractivity contribution in [1.82, 2.24) is 0 Å². The van der Waals surface area contributed by atoms with Crippen LogP contribution in [0.3, 0.4) is 0 Å². The summed E-state index contributed by atoms with van der Waals surface area (Å²) in [6.07, 6.45) is 0. The second-order valence-corrected chi connectivity index (χ2v) is 4.84. The molecule has 0 saturated carbocycles. The highest BCUT2D eigenvalue weighted by Gasteiger charge is 1.99. The lowest BCUT2D eigenvalue weighted by molar-refractivity contribution is 0.307. The lowest BCUT2D eigenvalue weighted by atomic mass is 10.3. The van der Waals surface area contributed by atoms with Gasteiger partial charge in [0.1, 0.15) is 12.4 Å². The second kappa shape index (κ2) is 4.68. The van der Waals surface area contributed by atoms with Crippen molar-refractivity contribution in [3.05, 3.63) is 45.1 Å². The molecule has 0 spiro atoms. The summed E-state index contributed by atoms with van der Waals surface area (Å²) in [7, 11) is 0. The molecule has 0 radical (unpaired) electrons. The van der Waals surface area contributed by atoms with E-state index in [0.29, 0.717) is 12.3 Å². The molecule has 2 aromatic rings. The summed E-state index contributed by atoms with van der Waals surface area (Å²) in [5.41, 5.74) is 7.58. The molecule has 2 N–H and O–H groups in total. The molecule has 0 unspecified atom stereocenters. The van der Waals surface area contributed by atoms with Crippen LogP contribution in [0.25, 0.3) is 0 Å². The van der Waals surface area contributed by atoms with Crippen LogP contribution >= 0.6 is 27.3 Å². The number of nitrogens with two attached hydrogens (primary N) is 1. The zero-order chi connectivity index (χ0) is 10.7. The molecule has 15 heavy (non-hydrogen) atoms. The van der Waals surface area contributed by atoms with Crippen LogP contribution in [0.1, 0.15) is 5.56 Å². The minimum atomic E-state index is 0.583. The Morgan fingerprint density at radius 3 is 2.87 bits per heavy atom. The average Bonchev–Trinajstić information content (AvgIpc) is 2.65. The highest BCUT2D eigenvalue weighted by Crippen LogP contribution is 2.23. The third-order valence-electron chi connectivity index (χ3n) is 1.88. The number of hydrogen-bond donors (Lipinski definition) is 1. The lowest BCUT2D eigenvalue weighted by Crippen LogP contribution is -1.94. The summed E-state index contributed by atoms with van der Waals surface area (Å²) >= 11 is 5.04. The van der Waals surface area contributed by atoms with E-state index in [-0.39, 0.29) is 0 Å². The Balaban J connectivity index is 2.05.